The number of carbonyl (C=O) groups is 1. The molecule has 0 atom stereocenters. The largest absolute Gasteiger partial charge is 0.494 e. The van der Waals surface area contributed by atoms with Crippen LogP contribution in [-0.2, 0) is 19.7 Å². The van der Waals surface area contributed by atoms with E-state index in [-0.39, 0.29) is 17.3 Å². The Hall–Kier alpha value is -2.28. The van der Waals surface area contributed by atoms with E-state index < -0.39 is 0 Å². The van der Waals surface area contributed by atoms with Gasteiger partial charge in [-0.1, -0.05) is 12.1 Å². The Bertz CT molecular complexity index is 736. The minimum absolute atomic E-state index is 0.000216. The van der Waals surface area contributed by atoms with Gasteiger partial charge in [-0.15, -0.1) is 0 Å². The van der Waals surface area contributed by atoms with E-state index in [1.54, 1.807) is 0 Å². The third kappa shape index (κ3) is 6.15. The molecule has 1 aromatic carbocycles. The SMILES string of the molecule is CCNC(=NCC1(c2ccc(OCC)cc2)CCOCC1)N1CCC(C(=O)OCC)CC1. The van der Waals surface area contributed by atoms with Gasteiger partial charge in [0.05, 0.1) is 25.7 Å². The van der Waals surface area contributed by atoms with E-state index in [0.717, 1.165) is 70.2 Å². The summed E-state index contributed by atoms with van der Waals surface area (Å²) in [5.74, 6) is 1.77. The number of ether oxygens (including phenoxy) is 3. The molecule has 0 bridgehead atoms. The van der Waals surface area contributed by atoms with Crippen LogP contribution in [-0.4, -0.2) is 69.4 Å². The second kappa shape index (κ2) is 12.1. The summed E-state index contributed by atoms with van der Waals surface area (Å²) in [4.78, 5) is 19.5. The first-order chi connectivity index (χ1) is 15.6. The van der Waals surface area contributed by atoms with Gasteiger partial charge in [0, 0.05) is 38.3 Å². The van der Waals surface area contributed by atoms with Crippen LogP contribution in [0.25, 0.3) is 0 Å². The molecule has 2 saturated heterocycles. The van der Waals surface area contributed by atoms with Crippen molar-refractivity contribution in [2.75, 3.05) is 52.6 Å². The van der Waals surface area contributed by atoms with Crippen molar-refractivity contribution in [3.63, 3.8) is 0 Å². The van der Waals surface area contributed by atoms with Crippen molar-refractivity contribution in [2.24, 2.45) is 10.9 Å². The third-order valence-electron chi connectivity index (χ3n) is 6.51. The fourth-order valence-electron chi connectivity index (χ4n) is 4.61. The first kappa shape index (κ1) is 24.4. The molecule has 0 amide bonds. The van der Waals surface area contributed by atoms with Crippen LogP contribution < -0.4 is 10.1 Å². The fraction of sp³-hybridized carbons (Fsp3) is 0.680. The first-order valence-electron chi connectivity index (χ1n) is 12.1. The maximum Gasteiger partial charge on any atom is 0.309 e. The lowest BCUT2D eigenvalue weighted by Gasteiger charge is -2.38. The van der Waals surface area contributed by atoms with E-state index in [0.29, 0.717) is 19.8 Å². The summed E-state index contributed by atoms with van der Waals surface area (Å²) in [7, 11) is 0. The highest BCUT2D eigenvalue weighted by Gasteiger charge is 2.35. The summed E-state index contributed by atoms with van der Waals surface area (Å²) >= 11 is 0. The molecule has 178 valence electrons. The first-order valence-corrected chi connectivity index (χ1v) is 12.1. The second-order valence-corrected chi connectivity index (χ2v) is 8.53. The number of hydrogen-bond acceptors (Lipinski definition) is 5. The Morgan fingerprint density at radius 3 is 2.41 bits per heavy atom. The minimum Gasteiger partial charge on any atom is -0.494 e. The summed E-state index contributed by atoms with van der Waals surface area (Å²) in [6, 6.07) is 8.49. The Morgan fingerprint density at radius 1 is 1.12 bits per heavy atom. The van der Waals surface area contributed by atoms with E-state index in [1.807, 2.05) is 13.8 Å². The maximum absolute atomic E-state index is 12.1. The lowest BCUT2D eigenvalue weighted by molar-refractivity contribution is -0.149. The highest BCUT2D eigenvalue weighted by Crippen LogP contribution is 2.36. The molecule has 7 heteroatoms. The van der Waals surface area contributed by atoms with Gasteiger partial charge in [0.2, 0.25) is 0 Å². The van der Waals surface area contributed by atoms with Gasteiger partial charge < -0.3 is 24.4 Å². The zero-order valence-corrected chi connectivity index (χ0v) is 19.9. The van der Waals surface area contributed by atoms with Crippen LogP contribution in [0.2, 0.25) is 0 Å². The number of likely N-dealkylation sites (tertiary alicyclic amines) is 1. The van der Waals surface area contributed by atoms with E-state index in [4.69, 9.17) is 19.2 Å². The monoisotopic (exact) mass is 445 g/mol. The average molecular weight is 446 g/mol. The molecule has 1 N–H and O–H groups in total. The van der Waals surface area contributed by atoms with Crippen molar-refractivity contribution in [1.29, 1.82) is 0 Å². The second-order valence-electron chi connectivity index (χ2n) is 8.53. The van der Waals surface area contributed by atoms with Crippen LogP contribution in [0.5, 0.6) is 5.75 Å². The van der Waals surface area contributed by atoms with Gasteiger partial charge in [0.1, 0.15) is 5.75 Å². The lowest BCUT2D eigenvalue weighted by atomic mass is 9.74. The molecule has 0 aliphatic carbocycles. The molecule has 0 saturated carbocycles. The Labute approximate surface area is 192 Å². The van der Waals surface area contributed by atoms with Crippen LogP contribution >= 0.6 is 0 Å². The molecule has 7 nitrogen and oxygen atoms in total. The van der Waals surface area contributed by atoms with Gasteiger partial charge in [0.25, 0.3) is 0 Å². The molecule has 2 heterocycles. The van der Waals surface area contributed by atoms with Crippen LogP contribution in [0.15, 0.2) is 29.3 Å². The molecule has 2 aliphatic rings. The minimum atomic E-state index is -0.0641. The Balaban J connectivity index is 1.72. The summed E-state index contributed by atoms with van der Waals surface area (Å²) in [5.41, 5.74) is 1.26. The topological polar surface area (TPSA) is 72.4 Å². The maximum atomic E-state index is 12.1. The molecule has 2 aliphatic heterocycles. The van der Waals surface area contributed by atoms with Crippen LogP contribution in [0.3, 0.4) is 0 Å². The van der Waals surface area contributed by atoms with Crippen LogP contribution in [0.1, 0.15) is 52.0 Å². The van der Waals surface area contributed by atoms with E-state index >= 15 is 0 Å². The van der Waals surface area contributed by atoms with Gasteiger partial charge >= 0.3 is 5.97 Å². The number of piperidine rings is 1. The molecular formula is C25H39N3O4. The number of hydrogen-bond donors (Lipinski definition) is 1. The van der Waals surface area contributed by atoms with Crippen molar-refractivity contribution < 1.29 is 19.0 Å². The molecular weight excluding hydrogens is 406 g/mol. The molecule has 1 aromatic rings. The van der Waals surface area contributed by atoms with Gasteiger partial charge in [0.15, 0.2) is 5.96 Å². The standard InChI is InChI=1S/C25H39N3O4/c1-4-26-24(28-15-11-20(12-16-28)23(29)32-6-3)27-19-25(13-17-30-18-14-25)21-7-9-22(10-8-21)31-5-2/h7-10,20H,4-6,11-19H2,1-3H3,(H,26,27). The number of nitrogens with one attached hydrogen (secondary N) is 1. The highest BCUT2D eigenvalue weighted by atomic mass is 16.5. The predicted octanol–water partition coefficient (Wildman–Crippen LogP) is 3.37. The third-order valence-corrected chi connectivity index (χ3v) is 6.51. The van der Waals surface area contributed by atoms with Crippen LogP contribution in [0.4, 0.5) is 0 Å². The average Bonchev–Trinajstić information content (AvgIpc) is 2.83. The number of rotatable bonds is 8. The van der Waals surface area contributed by atoms with Crippen molar-refractivity contribution in [3.8, 4) is 5.75 Å². The molecule has 3 rings (SSSR count). The number of benzene rings is 1. The molecule has 0 spiro atoms. The lowest BCUT2D eigenvalue weighted by Crippen LogP contribution is -2.47. The normalized spacial score (nSPS) is 19.5. The molecule has 2 fully saturated rings. The molecule has 0 unspecified atom stereocenters. The summed E-state index contributed by atoms with van der Waals surface area (Å²) < 4.78 is 16.5. The smallest absolute Gasteiger partial charge is 0.309 e. The van der Waals surface area contributed by atoms with E-state index in [9.17, 15) is 4.79 Å². The number of guanidine groups is 1. The zero-order chi connectivity index (χ0) is 22.8. The zero-order valence-electron chi connectivity index (χ0n) is 19.9. The molecule has 0 radical (unpaired) electrons. The van der Waals surface area contributed by atoms with Gasteiger partial charge in [-0.05, 0) is 64.2 Å². The van der Waals surface area contributed by atoms with Gasteiger partial charge in [-0.25, -0.2) is 0 Å². The van der Waals surface area contributed by atoms with Gasteiger partial charge in [-0.3, -0.25) is 9.79 Å². The Morgan fingerprint density at radius 2 is 1.81 bits per heavy atom. The van der Waals surface area contributed by atoms with Crippen molar-refractivity contribution in [2.45, 2.75) is 51.9 Å². The molecule has 0 aromatic heterocycles. The number of aliphatic imine (C=N–C) groups is 1. The number of carbonyl (C=O) groups excluding carboxylic acids is 1. The van der Waals surface area contributed by atoms with Crippen LogP contribution in [0, 0.1) is 5.92 Å². The quantitative estimate of drug-likeness (QED) is 0.376. The fourth-order valence-corrected chi connectivity index (χ4v) is 4.61. The van der Waals surface area contributed by atoms with Crippen molar-refractivity contribution >= 4 is 11.9 Å². The predicted molar refractivity (Wildman–Crippen MR) is 126 cm³/mol. The van der Waals surface area contributed by atoms with Gasteiger partial charge in [-0.2, -0.15) is 0 Å². The highest BCUT2D eigenvalue weighted by molar-refractivity contribution is 5.80. The van der Waals surface area contributed by atoms with E-state index in [2.05, 4.69) is 41.4 Å². The summed E-state index contributed by atoms with van der Waals surface area (Å²) in [5, 5.41) is 3.46. The Kier molecular flexibility index (Phi) is 9.21. The summed E-state index contributed by atoms with van der Waals surface area (Å²) in [6.07, 6.45) is 3.52. The number of nitrogens with zero attached hydrogens (tertiary/aromatic N) is 2. The summed E-state index contributed by atoms with van der Waals surface area (Å²) in [6.45, 7) is 11.7. The van der Waals surface area contributed by atoms with E-state index in [1.165, 1.54) is 5.56 Å². The van der Waals surface area contributed by atoms with Crippen molar-refractivity contribution in [1.82, 2.24) is 10.2 Å². The molecule has 32 heavy (non-hydrogen) atoms. The number of esters is 1. The van der Waals surface area contributed by atoms with Crippen molar-refractivity contribution in [3.05, 3.63) is 29.8 Å².